The van der Waals surface area contributed by atoms with Crippen LogP contribution in [0.4, 0.5) is 0 Å². The maximum absolute atomic E-state index is 12.5. The number of hydrogen-bond acceptors (Lipinski definition) is 4. The minimum Gasteiger partial charge on any atom is -0.335 e. The minimum atomic E-state index is -0.137. The summed E-state index contributed by atoms with van der Waals surface area (Å²) in [5.74, 6) is -0.137. The van der Waals surface area contributed by atoms with Crippen molar-refractivity contribution in [3.8, 4) is 5.69 Å². The van der Waals surface area contributed by atoms with Crippen molar-refractivity contribution in [1.82, 2.24) is 19.7 Å². The van der Waals surface area contributed by atoms with Crippen LogP contribution in [0.25, 0.3) is 5.69 Å². The molecule has 23 heavy (non-hydrogen) atoms. The molecule has 0 spiro atoms. The Morgan fingerprint density at radius 3 is 2.83 bits per heavy atom. The molecule has 0 aliphatic rings. The number of amides is 1. The number of benzene rings is 1. The highest BCUT2D eigenvalue weighted by molar-refractivity contribution is 7.11. The van der Waals surface area contributed by atoms with Gasteiger partial charge in [-0.3, -0.25) is 4.79 Å². The van der Waals surface area contributed by atoms with Crippen LogP contribution in [0.15, 0.2) is 42.7 Å². The molecule has 0 aliphatic carbocycles. The van der Waals surface area contributed by atoms with Crippen LogP contribution in [-0.4, -0.2) is 32.6 Å². The van der Waals surface area contributed by atoms with E-state index in [2.05, 4.69) is 10.1 Å². The SMILES string of the molecule is Cc1ncc(CN(C)C(=O)c2ccn(-c3ccccc3Cl)n2)s1. The van der Waals surface area contributed by atoms with Crippen molar-refractivity contribution in [3.05, 3.63) is 63.3 Å². The Labute approximate surface area is 143 Å². The molecule has 1 amide bonds. The van der Waals surface area contributed by atoms with Gasteiger partial charge < -0.3 is 4.90 Å². The number of aromatic nitrogens is 3. The summed E-state index contributed by atoms with van der Waals surface area (Å²) < 4.78 is 1.61. The number of aryl methyl sites for hydroxylation is 1. The molecule has 0 saturated carbocycles. The number of para-hydroxylation sites is 1. The van der Waals surface area contributed by atoms with Crippen LogP contribution in [0.3, 0.4) is 0 Å². The lowest BCUT2D eigenvalue weighted by atomic mass is 10.3. The second-order valence-corrected chi connectivity index (χ2v) is 6.83. The number of thiazole rings is 1. The predicted molar refractivity (Wildman–Crippen MR) is 91.2 cm³/mol. The Bertz CT molecular complexity index is 842. The van der Waals surface area contributed by atoms with Gasteiger partial charge >= 0.3 is 0 Å². The lowest BCUT2D eigenvalue weighted by Crippen LogP contribution is -2.26. The zero-order chi connectivity index (χ0) is 16.4. The highest BCUT2D eigenvalue weighted by Gasteiger charge is 2.16. The summed E-state index contributed by atoms with van der Waals surface area (Å²) in [7, 11) is 1.76. The quantitative estimate of drug-likeness (QED) is 0.725. The number of carbonyl (C=O) groups excluding carboxylic acids is 1. The number of rotatable bonds is 4. The fraction of sp³-hybridized carbons (Fsp3) is 0.188. The number of carbonyl (C=O) groups is 1. The van der Waals surface area contributed by atoms with Crippen LogP contribution in [0, 0.1) is 6.92 Å². The average molecular weight is 347 g/mol. The second-order valence-electron chi connectivity index (χ2n) is 5.10. The lowest BCUT2D eigenvalue weighted by Gasteiger charge is -2.14. The molecule has 7 heteroatoms. The van der Waals surface area contributed by atoms with E-state index in [0.717, 1.165) is 15.6 Å². The monoisotopic (exact) mass is 346 g/mol. The normalized spacial score (nSPS) is 10.7. The van der Waals surface area contributed by atoms with Crippen LogP contribution >= 0.6 is 22.9 Å². The molecule has 0 radical (unpaired) electrons. The molecular formula is C16H15ClN4OS. The summed E-state index contributed by atoms with van der Waals surface area (Å²) in [5, 5.41) is 5.91. The number of hydrogen-bond donors (Lipinski definition) is 0. The molecule has 0 unspecified atom stereocenters. The van der Waals surface area contributed by atoms with Gasteiger partial charge in [-0.1, -0.05) is 23.7 Å². The Hall–Kier alpha value is -2.18. The zero-order valence-electron chi connectivity index (χ0n) is 12.7. The van der Waals surface area contributed by atoms with Gasteiger partial charge in [-0.25, -0.2) is 9.67 Å². The largest absolute Gasteiger partial charge is 0.335 e. The summed E-state index contributed by atoms with van der Waals surface area (Å²) in [5.41, 5.74) is 1.13. The van der Waals surface area contributed by atoms with E-state index >= 15 is 0 Å². The molecule has 0 bridgehead atoms. The fourth-order valence-corrected chi connectivity index (χ4v) is 3.26. The van der Waals surface area contributed by atoms with E-state index in [-0.39, 0.29) is 5.91 Å². The molecule has 1 aromatic carbocycles. The van der Waals surface area contributed by atoms with Crippen molar-refractivity contribution in [1.29, 1.82) is 0 Å². The third-order valence-corrected chi connectivity index (χ3v) is 4.53. The highest BCUT2D eigenvalue weighted by Crippen LogP contribution is 2.20. The third kappa shape index (κ3) is 3.43. The van der Waals surface area contributed by atoms with E-state index in [1.807, 2.05) is 25.1 Å². The van der Waals surface area contributed by atoms with Gasteiger partial charge in [-0.2, -0.15) is 5.10 Å². The summed E-state index contributed by atoms with van der Waals surface area (Å²) in [6, 6.07) is 9.07. The maximum atomic E-state index is 12.5. The van der Waals surface area contributed by atoms with Gasteiger partial charge in [0.25, 0.3) is 5.91 Å². The summed E-state index contributed by atoms with van der Waals surface area (Å²) >= 11 is 7.74. The summed E-state index contributed by atoms with van der Waals surface area (Å²) in [4.78, 5) is 19.4. The van der Waals surface area contributed by atoms with Gasteiger partial charge in [-0.05, 0) is 25.1 Å². The standard InChI is InChI=1S/C16H15ClN4OS/c1-11-18-9-12(23-11)10-20(2)16(22)14-7-8-21(19-14)15-6-4-3-5-13(15)17/h3-9H,10H2,1-2H3. The van der Waals surface area contributed by atoms with E-state index in [1.54, 1.807) is 52.5 Å². The molecular weight excluding hydrogens is 332 g/mol. The molecule has 0 fully saturated rings. The lowest BCUT2D eigenvalue weighted by molar-refractivity contribution is 0.0780. The third-order valence-electron chi connectivity index (χ3n) is 3.32. The van der Waals surface area contributed by atoms with E-state index < -0.39 is 0 Å². The van der Waals surface area contributed by atoms with Crippen LogP contribution in [0.2, 0.25) is 5.02 Å². The maximum Gasteiger partial charge on any atom is 0.274 e. The molecule has 0 N–H and O–H groups in total. The smallest absolute Gasteiger partial charge is 0.274 e. The molecule has 2 heterocycles. The molecule has 5 nitrogen and oxygen atoms in total. The van der Waals surface area contributed by atoms with Crippen LogP contribution in [0.5, 0.6) is 0 Å². The highest BCUT2D eigenvalue weighted by atomic mass is 35.5. The van der Waals surface area contributed by atoms with Gasteiger partial charge in [0.05, 0.1) is 22.3 Å². The molecule has 0 aliphatic heterocycles. The Kier molecular flexibility index (Phi) is 4.45. The van der Waals surface area contributed by atoms with E-state index in [4.69, 9.17) is 11.6 Å². The van der Waals surface area contributed by atoms with Crippen LogP contribution < -0.4 is 0 Å². The minimum absolute atomic E-state index is 0.137. The molecule has 2 aromatic heterocycles. The second kappa shape index (κ2) is 6.52. The average Bonchev–Trinajstić information content (AvgIpc) is 3.16. The van der Waals surface area contributed by atoms with Gasteiger partial charge in [0.15, 0.2) is 5.69 Å². The topological polar surface area (TPSA) is 51.0 Å². The molecule has 3 aromatic rings. The fourth-order valence-electron chi connectivity index (χ4n) is 2.19. The summed E-state index contributed by atoms with van der Waals surface area (Å²) in [6.07, 6.45) is 3.53. The molecule has 0 saturated heterocycles. The van der Waals surface area contributed by atoms with Gasteiger partial charge in [0, 0.05) is 24.3 Å². The Balaban J connectivity index is 1.77. The first kappa shape index (κ1) is 15.7. The van der Waals surface area contributed by atoms with Crippen molar-refractivity contribution in [2.24, 2.45) is 0 Å². The first-order valence-corrected chi connectivity index (χ1v) is 8.21. The van der Waals surface area contributed by atoms with Crippen molar-refractivity contribution in [2.45, 2.75) is 13.5 Å². The molecule has 0 atom stereocenters. The first-order chi connectivity index (χ1) is 11.0. The Morgan fingerprint density at radius 1 is 1.35 bits per heavy atom. The van der Waals surface area contributed by atoms with Crippen LogP contribution in [-0.2, 0) is 6.54 Å². The first-order valence-electron chi connectivity index (χ1n) is 7.02. The van der Waals surface area contributed by atoms with Crippen molar-refractivity contribution < 1.29 is 4.79 Å². The van der Waals surface area contributed by atoms with E-state index in [9.17, 15) is 4.79 Å². The number of halogens is 1. The van der Waals surface area contributed by atoms with Gasteiger partial charge in [0.2, 0.25) is 0 Å². The van der Waals surface area contributed by atoms with E-state index in [1.165, 1.54) is 0 Å². The van der Waals surface area contributed by atoms with Gasteiger partial charge in [-0.15, -0.1) is 11.3 Å². The number of nitrogens with zero attached hydrogens (tertiary/aromatic N) is 4. The van der Waals surface area contributed by atoms with Gasteiger partial charge in [0.1, 0.15) is 0 Å². The zero-order valence-corrected chi connectivity index (χ0v) is 14.3. The van der Waals surface area contributed by atoms with E-state index in [0.29, 0.717) is 17.3 Å². The summed E-state index contributed by atoms with van der Waals surface area (Å²) in [6.45, 7) is 2.46. The predicted octanol–water partition coefficient (Wildman–Crippen LogP) is 3.56. The Morgan fingerprint density at radius 2 is 2.13 bits per heavy atom. The van der Waals surface area contributed by atoms with Crippen molar-refractivity contribution in [3.63, 3.8) is 0 Å². The molecule has 3 rings (SSSR count). The van der Waals surface area contributed by atoms with Crippen LogP contribution in [0.1, 0.15) is 20.4 Å². The van der Waals surface area contributed by atoms with Crippen molar-refractivity contribution in [2.75, 3.05) is 7.05 Å². The molecule has 118 valence electrons. The van der Waals surface area contributed by atoms with Crippen molar-refractivity contribution >= 4 is 28.8 Å².